The molecule has 0 saturated heterocycles. The number of anilines is 2. The van der Waals surface area contributed by atoms with Gasteiger partial charge in [0.25, 0.3) is 5.91 Å². The van der Waals surface area contributed by atoms with Crippen molar-refractivity contribution in [3.8, 4) is 0 Å². The van der Waals surface area contributed by atoms with Gasteiger partial charge < -0.3 is 15.0 Å². The van der Waals surface area contributed by atoms with E-state index in [-0.39, 0.29) is 18.0 Å². The fourth-order valence-corrected chi connectivity index (χ4v) is 4.20. The lowest BCUT2D eigenvalue weighted by Gasteiger charge is -2.41. The minimum absolute atomic E-state index is 0.0709. The summed E-state index contributed by atoms with van der Waals surface area (Å²) in [6.45, 7) is 3.36. The number of esters is 1. The van der Waals surface area contributed by atoms with Crippen molar-refractivity contribution in [3.63, 3.8) is 0 Å². The first-order valence-electron chi connectivity index (χ1n) is 10.5. The number of hydrogen-bond acceptors (Lipinski definition) is 4. The van der Waals surface area contributed by atoms with Gasteiger partial charge in [0.15, 0.2) is 0 Å². The predicted molar refractivity (Wildman–Crippen MR) is 122 cm³/mol. The molecule has 158 valence electrons. The summed E-state index contributed by atoms with van der Waals surface area (Å²) in [6.07, 6.45) is -0.244. The van der Waals surface area contributed by atoms with Crippen LogP contribution < -0.4 is 10.2 Å². The molecule has 0 fully saturated rings. The van der Waals surface area contributed by atoms with Crippen molar-refractivity contribution in [2.75, 3.05) is 10.2 Å². The van der Waals surface area contributed by atoms with Gasteiger partial charge in [-0.3, -0.25) is 9.59 Å². The average molecular weight is 415 g/mol. The summed E-state index contributed by atoms with van der Waals surface area (Å²) in [4.78, 5) is 27.3. The molecular weight excluding hydrogens is 388 g/mol. The summed E-state index contributed by atoms with van der Waals surface area (Å²) in [7, 11) is 0. The first kappa shape index (κ1) is 20.7. The van der Waals surface area contributed by atoms with Gasteiger partial charge in [0, 0.05) is 29.9 Å². The molecule has 0 saturated carbocycles. The summed E-state index contributed by atoms with van der Waals surface area (Å²) in [5.74, 6) is -0.719. The first-order valence-corrected chi connectivity index (χ1v) is 10.5. The Balaban J connectivity index is 1.69. The van der Waals surface area contributed by atoms with Crippen molar-refractivity contribution in [2.45, 2.75) is 38.5 Å². The second kappa shape index (κ2) is 9.04. The number of amides is 1. The second-order valence-corrected chi connectivity index (χ2v) is 7.81. The molecule has 0 bridgehead atoms. The Morgan fingerprint density at radius 3 is 2.23 bits per heavy atom. The van der Waals surface area contributed by atoms with E-state index >= 15 is 0 Å². The van der Waals surface area contributed by atoms with Crippen LogP contribution in [-0.4, -0.2) is 17.9 Å². The smallest absolute Gasteiger partial charge is 0.303 e. The molecule has 0 aromatic heterocycles. The van der Waals surface area contributed by atoms with Gasteiger partial charge in [-0.25, -0.2) is 0 Å². The minimum atomic E-state index is -0.979. The molecule has 31 heavy (non-hydrogen) atoms. The van der Waals surface area contributed by atoms with E-state index in [1.54, 1.807) is 4.90 Å². The highest BCUT2D eigenvalue weighted by Gasteiger charge is 2.38. The number of carbonyl (C=O) groups excluding carboxylic acids is 2. The molecule has 1 heterocycles. The molecule has 3 atom stereocenters. The molecular formula is C26H26N2O3. The van der Waals surface area contributed by atoms with E-state index in [1.165, 1.54) is 6.92 Å². The van der Waals surface area contributed by atoms with Crippen LogP contribution in [0.25, 0.3) is 0 Å². The number of nitrogens with one attached hydrogen (secondary N) is 1. The van der Waals surface area contributed by atoms with Gasteiger partial charge in [-0.1, -0.05) is 66.7 Å². The molecule has 1 N–H and O–H groups in total. The summed E-state index contributed by atoms with van der Waals surface area (Å²) < 4.78 is 5.49. The van der Waals surface area contributed by atoms with Crippen molar-refractivity contribution in [3.05, 3.63) is 96.1 Å². The molecule has 0 aliphatic carbocycles. The van der Waals surface area contributed by atoms with Gasteiger partial charge in [0.05, 0.1) is 6.04 Å². The summed E-state index contributed by atoms with van der Waals surface area (Å²) >= 11 is 0. The van der Waals surface area contributed by atoms with Crippen LogP contribution >= 0.6 is 0 Å². The van der Waals surface area contributed by atoms with Crippen LogP contribution in [0.4, 0.5) is 11.4 Å². The third kappa shape index (κ3) is 4.45. The first-order chi connectivity index (χ1) is 15.0. The Hall–Kier alpha value is -3.60. The van der Waals surface area contributed by atoms with Crippen LogP contribution in [0.5, 0.6) is 0 Å². The third-order valence-corrected chi connectivity index (χ3v) is 5.55. The van der Waals surface area contributed by atoms with E-state index in [0.29, 0.717) is 5.56 Å². The fraction of sp³-hybridized carbons (Fsp3) is 0.231. The summed E-state index contributed by atoms with van der Waals surface area (Å²) in [6, 6.07) is 27.2. The van der Waals surface area contributed by atoms with Gasteiger partial charge in [0.2, 0.25) is 6.10 Å². The minimum Gasteiger partial charge on any atom is -0.447 e. The molecule has 0 spiro atoms. The highest BCUT2D eigenvalue weighted by atomic mass is 16.5. The number of fused-ring (bicyclic) bond motifs is 1. The maximum absolute atomic E-state index is 13.7. The maximum Gasteiger partial charge on any atom is 0.303 e. The topological polar surface area (TPSA) is 58.6 Å². The number of rotatable bonds is 5. The lowest BCUT2D eigenvalue weighted by Crippen LogP contribution is -2.47. The monoisotopic (exact) mass is 414 g/mol. The molecule has 5 nitrogen and oxygen atoms in total. The summed E-state index contributed by atoms with van der Waals surface area (Å²) in [5.41, 5.74) is 3.59. The number of carbonyl (C=O) groups is 2. The standard InChI is InChI=1S/C26H26N2O3/c1-18-17-23(27-21-13-7-4-8-14-21)22-15-9-10-16-24(22)28(18)26(30)25(31-19(2)29)20-11-5-3-6-12-20/h3-16,18,23,25,27H,17H2,1-2H3/t18-,23+,25-/m1/s1. The molecule has 4 rings (SSSR count). The van der Waals surface area contributed by atoms with Gasteiger partial charge in [-0.05, 0) is 37.1 Å². The van der Waals surface area contributed by atoms with Crippen LogP contribution in [0.1, 0.15) is 43.5 Å². The van der Waals surface area contributed by atoms with Crippen LogP contribution in [0.2, 0.25) is 0 Å². The number of nitrogens with zero attached hydrogens (tertiary/aromatic N) is 1. The highest BCUT2D eigenvalue weighted by molar-refractivity contribution is 5.99. The molecule has 3 aromatic carbocycles. The Morgan fingerprint density at radius 1 is 0.935 bits per heavy atom. The van der Waals surface area contributed by atoms with Crippen molar-refractivity contribution in [2.24, 2.45) is 0 Å². The average Bonchev–Trinajstić information content (AvgIpc) is 2.78. The molecule has 0 unspecified atom stereocenters. The zero-order valence-corrected chi connectivity index (χ0v) is 17.7. The Morgan fingerprint density at radius 2 is 1.55 bits per heavy atom. The Labute approximate surface area is 182 Å². The molecule has 1 aliphatic heterocycles. The fourth-order valence-electron chi connectivity index (χ4n) is 4.20. The predicted octanol–water partition coefficient (Wildman–Crippen LogP) is 5.27. The molecule has 1 aliphatic rings. The van der Waals surface area contributed by atoms with E-state index in [1.807, 2.05) is 91.9 Å². The zero-order valence-electron chi connectivity index (χ0n) is 17.7. The van der Waals surface area contributed by atoms with Crippen molar-refractivity contribution in [1.29, 1.82) is 0 Å². The number of hydrogen-bond donors (Lipinski definition) is 1. The largest absolute Gasteiger partial charge is 0.447 e. The van der Waals surface area contributed by atoms with E-state index in [2.05, 4.69) is 5.32 Å². The van der Waals surface area contributed by atoms with Crippen LogP contribution in [0, 0.1) is 0 Å². The van der Waals surface area contributed by atoms with Crippen LogP contribution in [0.15, 0.2) is 84.9 Å². The quantitative estimate of drug-likeness (QED) is 0.578. The lowest BCUT2D eigenvalue weighted by molar-refractivity contribution is -0.153. The van der Waals surface area contributed by atoms with E-state index in [4.69, 9.17) is 4.74 Å². The third-order valence-electron chi connectivity index (χ3n) is 5.55. The maximum atomic E-state index is 13.7. The van der Waals surface area contributed by atoms with Crippen molar-refractivity contribution >= 4 is 23.3 Å². The SMILES string of the molecule is CC(=O)O[C@@H](C(=O)N1c2ccccc2[C@@H](Nc2ccccc2)C[C@H]1C)c1ccccc1. The van der Waals surface area contributed by atoms with Gasteiger partial charge in [-0.15, -0.1) is 0 Å². The van der Waals surface area contributed by atoms with Crippen LogP contribution in [0.3, 0.4) is 0 Å². The lowest BCUT2D eigenvalue weighted by atomic mass is 9.90. The van der Waals surface area contributed by atoms with Crippen LogP contribution in [-0.2, 0) is 14.3 Å². The molecule has 0 radical (unpaired) electrons. The summed E-state index contributed by atoms with van der Waals surface area (Å²) in [5, 5.41) is 3.60. The molecule has 3 aromatic rings. The van der Waals surface area contributed by atoms with E-state index in [0.717, 1.165) is 23.4 Å². The normalized spacial score (nSPS) is 18.6. The van der Waals surface area contributed by atoms with Crippen molar-refractivity contribution in [1.82, 2.24) is 0 Å². The highest BCUT2D eigenvalue weighted by Crippen LogP contribution is 2.40. The van der Waals surface area contributed by atoms with E-state index in [9.17, 15) is 9.59 Å². The van der Waals surface area contributed by atoms with Gasteiger partial charge in [-0.2, -0.15) is 0 Å². The van der Waals surface area contributed by atoms with Crippen molar-refractivity contribution < 1.29 is 14.3 Å². The molecule has 5 heteroatoms. The Kier molecular flexibility index (Phi) is 6.03. The van der Waals surface area contributed by atoms with Gasteiger partial charge in [0.1, 0.15) is 0 Å². The second-order valence-electron chi connectivity index (χ2n) is 7.81. The van der Waals surface area contributed by atoms with Gasteiger partial charge >= 0.3 is 5.97 Å². The zero-order chi connectivity index (χ0) is 21.8. The molecule has 1 amide bonds. The number of ether oxygens (including phenoxy) is 1. The Bertz CT molecular complexity index is 1050. The number of benzene rings is 3. The van der Waals surface area contributed by atoms with E-state index < -0.39 is 12.1 Å². The number of para-hydroxylation sites is 2.